The van der Waals surface area contributed by atoms with Crippen LogP contribution in [0.4, 0.5) is 5.69 Å². The van der Waals surface area contributed by atoms with Crippen molar-refractivity contribution in [2.75, 3.05) is 6.61 Å². The van der Waals surface area contributed by atoms with E-state index in [2.05, 4.69) is 5.32 Å². The van der Waals surface area contributed by atoms with E-state index in [9.17, 15) is 14.9 Å². The lowest BCUT2D eigenvalue weighted by molar-refractivity contribution is -0.384. The van der Waals surface area contributed by atoms with E-state index in [0.717, 1.165) is 6.42 Å². The maximum atomic E-state index is 11.5. The topological polar surface area (TPSA) is 81.5 Å². The normalized spacial score (nSPS) is 11.7. The Labute approximate surface area is 115 Å². The summed E-state index contributed by atoms with van der Waals surface area (Å²) in [5.41, 5.74) is -0.196. The molecule has 0 bridgehead atoms. The molecule has 1 unspecified atom stereocenters. The summed E-state index contributed by atoms with van der Waals surface area (Å²) in [6, 6.07) is 4.04. The van der Waals surface area contributed by atoms with E-state index in [0.29, 0.717) is 5.75 Å². The molecular formula is C12H15ClN2O4. The summed E-state index contributed by atoms with van der Waals surface area (Å²) in [4.78, 5) is 21.5. The Hall–Kier alpha value is -1.82. The first-order chi connectivity index (χ1) is 8.93. The summed E-state index contributed by atoms with van der Waals surface area (Å²) < 4.78 is 5.21. The molecule has 0 aliphatic rings. The second-order valence-electron chi connectivity index (χ2n) is 4.04. The lowest BCUT2D eigenvalue weighted by Crippen LogP contribution is -2.35. The minimum absolute atomic E-state index is 0.0233. The molecule has 1 rings (SSSR count). The Morgan fingerprint density at radius 1 is 1.58 bits per heavy atom. The van der Waals surface area contributed by atoms with Gasteiger partial charge in [-0.25, -0.2) is 0 Å². The molecule has 1 amide bonds. The minimum Gasteiger partial charge on any atom is -0.484 e. The number of benzene rings is 1. The van der Waals surface area contributed by atoms with Crippen LogP contribution in [0.15, 0.2) is 18.2 Å². The van der Waals surface area contributed by atoms with Gasteiger partial charge in [-0.1, -0.05) is 18.5 Å². The smallest absolute Gasteiger partial charge is 0.288 e. The fourth-order valence-electron chi connectivity index (χ4n) is 1.29. The molecular weight excluding hydrogens is 272 g/mol. The van der Waals surface area contributed by atoms with Crippen LogP contribution in [0.25, 0.3) is 0 Å². The molecule has 0 aliphatic heterocycles. The molecule has 1 atom stereocenters. The lowest BCUT2D eigenvalue weighted by atomic mass is 10.2. The van der Waals surface area contributed by atoms with Gasteiger partial charge in [-0.15, -0.1) is 0 Å². The van der Waals surface area contributed by atoms with Crippen LogP contribution in [0.2, 0.25) is 5.02 Å². The first kappa shape index (κ1) is 15.2. The maximum absolute atomic E-state index is 11.5. The summed E-state index contributed by atoms with van der Waals surface area (Å²) in [5, 5.41) is 13.3. The number of nitrogens with one attached hydrogen (secondary N) is 1. The summed E-state index contributed by atoms with van der Waals surface area (Å²) in [6.45, 7) is 3.70. The molecule has 0 aromatic heterocycles. The van der Waals surface area contributed by atoms with Crippen LogP contribution >= 0.6 is 11.6 Å². The zero-order valence-corrected chi connectivity index (χ0v) is 11.4. The number of amides is 1. The Balaban J connectivity index is 2.57. The maximum Gasteiger partial charge on any atom is 0.288 e. The van der Waals surface area contributed by atoms with Gasteiger partial charge in [0.2, 0.25) is 0 Å². The molecule has 7 heteroatoms. The number of nitro benzene ring substituents is 1. The van der Waals surface area contributed by atoms with Crippen molar-refractivity contribution in [1.82, 2.24) is 5.32 Å². The van der Waals surface area contributed by atoms with Crippen LogP contribution in [0.1, 0.15) is 20.3 Å². The van der Waals surface area contributed by atoms with Gasteiger partial charge in [0.05, 0.1) is 4.92 Å². The van der Waals surface area contributed by atoms with Crippen LogP contribution < -0.4 is 10.1 Å². The number of hydrogen-bond acceptors (Lipinski definition) is 4. The van der Waals surface area contributed by atoms with E-state index in [1.807, 2.05) is 13.8 Å². The number of carbonyl (C=O) groups is 1. The van der Waals surface area contributed by atoms with E-state index >= 15 is 0 Å². The van der Waals surface area contributed by atoms with Gasteiger partial charge >= 0.3 is 0 Å². The van der Waals surface area contributed by atoms with E-state index in [1.165, 1.54) is 18.2 Å². The molecule has 6 nitrogen and oxygen atoms in total. The second kappa shape index (κ2) is 6.94. The summed E-state index contributed by atoms with van der Waals surface area (Å²) in [6.07, 6.45) is 0.828. The van der Waals surface area contributed by atoms with Crippen molar-refractivity contribution in [3.8, 4) is 5.75 Å². The van der Waals surface area contributed by atoms with Gasteiger partial charge in [0, 0.05) is 18.2 Å². The summed E-state index contributed by atoms with van der Waals surface area (Å²) in [7, 11) is 0. The molecule has 19 heavy (non-hydrogen) atoms. The first-order valence-electron chi connectivity index (χ1n) is 5.80. The van der Waals surface area contributed by atoms with Crippen molar-refractivity contribution in [3.05, 3.63) is 33.3 Å². The van der Waals surface area contributed by atoms with Gasteiger partial charge in [0.1, 0.15) is 10.8 Å². The molecule has 0 saturated heterocycles. The third kappa shape index (κ3) is 4.75. The number of carbonyl (C=O) groups excluding carboxylic acids is 1. The van der Waals surface area contributed by atoms with E-state index in [4.69, 9.17) is 16.3 Å². The van der Waals surface area contributed by atoms with Gasteiger partial charge in [0.25, 0.3) is 11.6 Å². The predicted octanol–water partition coefficient (Wildman–Crippen LogP) is 2.54. The average Bonchev–Trinajstić information content (AvgIpc) is 2.35. The molecule has 1 aromatic carbocycles. The molecule has 0 radical (unpaired) electrons. The molecule has 0 aliphatic carbocycles. The average molecular weight is 287 g/mol. The zero-order valence-electron chi connectivity index (χ0n) is 10.7. The third-order valence-corrected chi connectivity index (χ3v) is 2.81. The Morgan fingerprint density at radius 3 is 2.79 bits per heavy atom. The number of ether oxygens (including phenoxy) is 1. The van der Waals surface area contributed by atoms with Crippen molar-refractivity contribution in [2.45, 2.75) is 26.3 Å². The van der Waals surface area contributed by atoms with E-state index in [1.54, 1.807) is 0 Å². The van der Waals surface area contributed by atoms with Crippen LogP contribution in [0.3, 0.4) is 0 Å². The van der Waals surface area contributed by atoms with Gasteiger partial charge in [-0.05, 0) is 19.4 Å². The monoisotopic (exact) mass is 286 g/mol. The van der Waals surface area contributed by atoms with Crippen LogP contribution in [-0.4, -0.2) is 23.5 Å². The summed E-state index contributed by atoms with van der Waals surface area (Å²) >= 11 is 5.72. The molecule has 0 fully saturated rings. The van der Waals surface area contributed by atoms with E-state index in [-0.39, 0.29) is 29.3 Å². The summed E-state index contributed by atoms with van der Waals surface area (Å²) in [5.74, 6) is 0.0683. The highest BCUT2D eigenvalue weighted by molar-refractivity contribution is 6.32. The van der Waals surface area contributed by atoms with Crippen molar-refractivity contribution in [2.24, 2.45) is 0 Å². The predicted molar refractivity (Wildman–Crippen MR) is 71.5 cm³/mol. The number of rotatable bonds is 6. The second-order valence-corrected chi connectivity index (χ2v) is 4.44. The number of nitro groups is 1. The highest BCUT2D eigenvalue weighted by atomic mass is 35.5. The standard InChI is InChI=1S/C12H15ClN2O4/c1-3-8(2)14-12(16)7-19-9-4-5-11(15(17)18)10(13)6-9/h4-6,8H,3,7H2,1-2H3,(H,14,16). The van der Waals surface area contributed by atoms with Gasteiger partial charge < -0.3 is 10.1 Å². The van der Waals surface area contributed by atoms with Crippen molar-refractivity contribution in [3.63, 3.8) is 0 Å². The quantitative estimate of drug-likeness (QED) is 0.643. The molecule has 1 aromatic rings. The number of hydrogen-bond donors (Lipinski definition) is 1. The van der Waals surface area contributed by atoms with Crippen molar-refractivity contribution in [1.29, 1.82) is 0 Å². The molecule has 104 valence electrons. The Morgan fingerprint density at radius 2 is 2.26 bits per heavy atom. The highest BCUT2D eigenvalue weighted by Crippen LogP contribution is 2.28. The third-order valence-electron chi connectivity index (χ3n) is 2.51. The van der Waals surface area contributed by atoms with E-state index < -0.39 is 4.92 Å². The zero-order chi connectivity index (χ0) is 14.4. The van der Waals surface area contributed by atoms with Crippen molar-refractivity contribution < 1.29 is 14.5 Å². The van der Waals surface area contributed by atoms with Crippen LogP contribution in [-0.2, 0) is 4.79 Å². The van der Waals surface area contributed by atoms with Gasteiger partial charge in [-0.3, -0.25) is 14.9 Å². The molecule has 0 saturated carbocycles. The lowest BCUT2D eigenvalue weighted by Gasteiger charge is -2.12. The molecule has 1 N–H and O–H groups in total. The molecule has 0 spiro atoms. The Bertz CT molecular complexity index is 479. The van der Waals surface area contributed by atoms with Gasteiger partial charge in [0.15, 0.2) is 6.61 Å². The Kier molecular flexibility index (Phi) is 5.57. The molecule has 0 heterocycles. The number of halogens is 1. The number of nitrogens with zero attached hydrogens (tertiary/aromatic N) is 1. The highest BCUT2D eigenvalue weighted by Gasteiger charge is 2.13. The van der Waals surface area contributed by atoms with Crippen LogP contribution in [0, 0.1) is 10.1 Å². The SMILES string of the molecule is CCC(C)NC(=O)COc1ccc([N+](=O)[O-])c(Cl)c1. The minimum atomic E-state index is -0.582. The largest absolute Gasteiger partial charge is 0.484 e. The van der Waals surface area contributed by atoms with Crippen LogP contribution in [0.5, 0.6) is 5.75 Å². The fraction of sp³-hybridized carbons (Fsp3) is 0.417. The first-order valence-corrected chi connectivity index (χ1v) is 6.18. The van der Waals surface area contributed by atoms with Gasteiger partial charge in [-0.2, -0.15) is 0 Å². The van der Waals surface area contributed by atoms with Crippen molar-refractivity contribution >= 4 is 23.2 Å². The fourth-order valence-corrected chi connectivity index (χ4v) is 1.53.